The molecule has 0 radical (unpaired) electrons. The Kier molecular flexibility index (Phi) is 10.7. The lowest BCUT2D eigenvalue weighted by Crippen LogP contribution is -2.44. The Bertz CT molecular complexity index is 813. The zero-order valence-electron chi connectivity index (χ0n) is 18.3. The fraction of sp³-hybridized carbons (Fsp3) is 0.478. The molecule has 8 heteroatoms. The molecule has 1 aliphatic carbocycles. The number of carbonyl (C=O) groups excluding carboxylic acids is 1. The highest BCUT2D eigenvalue weighted by Gasteiger charge is 2.29. The predicted molar refractivity (Wildman–Crippen MR) is 130 cm³/mol. The third-order valence-corrected chi connectivity index (χ3v) is 5.22. The number of pyridine rings is 1. The van der Waals surface area contributed by atoms with Crippen LogP contribution in [-0.2, 0) is 11.3 Å². The molecule has 31 heavy (non-hydrogen) atoms. The Hall–Kier alpha value is -1.89. The van der Waals surface area contributed by atoms with E-state index in [0.717, 1.165) is 17.9 Å². The summed E-state index contributed by atoms with van der Waals surface area (Å²) in [5.74, 6) is 0.781. The highest BCUT2D eigenvalue weighted by molar-refractivity contribution is 5.97. The smallest absolute Gasteiger partial charge is 0.244 e. The Balaban J connectivity index is 0.00000240. The number of rotatable bonds is 9. The second-order valence-electron chi connectivity index (χ2n) is 8.18. The van der Waals surface area contributed by atoms with Crippen LogP contribution in [0.2, 0.25) is 0 Å². The van der Waals surface area contributed by atoms with Gasteiger partial charge in [-0.25, -0.2) is 9.37 Å². The number of benzene rings is 1. The number of carbonyl (C=O) groups is 1. The Labute approximate surface area is 197 Å². The minimum Gasteiger partial charge on any atom is -0.354 e. The molecule has 1 unspecified atom stereocenters. The van der Waals surface area contributed by atoms with Crippen molar-refractivity contribution < 1.29 is 9.18 Å². The first-order chi connectivity index (χ1) is 13.9. The number of anilines is 2. The van der Waals surface area contributed by atoms with E-state index in [1.165, 1.54) is 25.0 Å². The molecule has 1 aromatic carbocycles. The highest BCUT2D eigenvalue weighted by Crippen LogP contribution is 2.30. The molecular weight excluding hydrogens is 438 g/mol. The van der Waals surface area contributed by atoms with E-state index >= 15 is 0 Å². The second kappa shape index (κ2) is 12.2. The first-order valence-electron chi connectivity index (χ1n) is 10.4. The van der Waals surface area contributed by atoms with Crippen molar-refractivity contribution in [2.75, 3.05) is 16.3 Å². The SMILES string of the molecule is CCN(c1ccc(CN(C(=O)C(N)CC(C)C)c2ccc(F)cc2)cn1)C1CC1.Cl.Cl. The summed E-state index contributed by atoms with van der Waals surface area (Å²) < 4.78 is 13.4. The van der Waals surface area contributed by atoms with Crippen molar-refractivity contribution in [3.8, 4) is 0 Å². The molecule has 0 spiro atoms. The fourth-order valence-corrected chi connectivity index (χ4v) is 3.58. The van der Waals surface area contributed by atoms with Crippen LogP contribution in [0.15, 0.2) is 42.6 Å². The zero-order valence-corrected chi connectivity index (χ0v) is 20.0. The molecule has 0 bridgehead atoms. The van der Waals surface area contributed by atoms with Gasteiger partial charge in [0.15, 0.2) is 0 Å². The lowest BCUT2D eigenvalue weighted by atomic mass is 10.0. The van der Waals surface area contributed by atoms with Crippen molar-refractivity contribution in [3.63, 3.8) is 0 Å². The Morgan fingerprint density at radius 1 is 1.16 bits per heavy atom. The van der Waals surface area contributed by atoms with E-state index in [1.54, 1.807) is 17.0 Å². The third-order valence-electron chi connectivity index (χ3n) is 5.22. The van der Waals surface area contributed by atoms with Crippen molar-refractivity contribution in [1.29, 1.82) is 0 Å². The van der Waals surface area contributed by atoms with Gasteiger partial charge in [0, 0.05) is 24.5 Å². The van der Waals surface area contributed by atoms with Crippen LogP contribution in [0.25, 0.3) is 0 Å². The summed E-state index contributed by atoms with van der Waals surface area (Å²) in [5.41, 5.74) is 7.72. The van der Waals surface area contributed by atoms with Crippen LogP contribution < -0.4 is 15.5 Å². The van der Waals surface area contributed by atoms with Crippen LogP contribution in [0.4, 0.5) is 15.9 Å². The van der Waals surface area contributed by atoms with Crippen molar-refractivity contribution in [1.82, 2.24) is 4.98 Å². The summed E-state index contributed by atoms with van der Waals surface area (Å²) in [6.07, 6.45) is 4.86. The van der Waals surface area contributed by atoms with E-state index in [9.17, 15) is 9.18 Å². The van der Waals surface area contributed by atoms with Gasteiger partial charge < -0.3 is 15.5 Å². The molecule has 1 amide bonds. The molecule has 3 rings (SSSR count). The molecule has 0 saturated heterocycles. The maximum atomic E-state index is 13.4. The van der Waals surface area contributed by atoms with Gasteiger partial charge >= 0.3 is 0 Å². The van der Waals surface area contributed by atoms with E-state index in [2.05, 4.69) is 16.8 Å². The molecule has 172 valence electrons. The first-order valence-corrected chi connectivity index (χ1v) is 10.4. The number of hydrogen-bond donors (Lipinski definition) is 1. The molecule has 1 aromatic heterocycles. The highest BCUT2D eigenvalue weighted by atomic mass is 35.5. The minimum atomic E-state index is -0.599. The van der Waals surface area contributed by atoms with E-state index in [-0.39, 0.29) is 36.5 Å². The molecule has 1 heterocycles. The molecule has 0 aliphatic heterocycles. The predicted octanol–water partition coefficient (Wildman–Crippen LogP) is 4.96. The summed E-state index contributed by atoms with van der Waals surface area (Å²) in [5, 5.41) is 0. The standard InChI is InChI=1S/C23H31FN4O.2ClH/c1-4-27(19-10-11-19)22-12-5-17(14-26-22)15-28(20-8-6-18(24)7-9-20)23(29)21(25)13-16(2)3;;/h5-9,12,14,16,19,21H,4,10-11,13,15,25H2,1-3H3;2*1H. The van der Waals surface area contributed by atoms with E-state index < -0.39 is 6.04 Å². The zero-order chi connectivity index (χ0) is 21.0. The molecule has 5 nitrogen and oxygen atoms in total. The fourth-order valence-electron chi connectivity index (χ4n) is 3.58. The van der Waals surface area contributed by atoms with Crippen LogP contribution in [0.1, 0.15) is 45.6 Å². The summed E-state index contributed by atoms with van der Waals surface area (Å²) >= 11 is 0. The summed E-state index contributed by atoms with van der Waals surface area (Å²) in [6.45, 7) is 7.49. The van der Waals surface area contributed by atoms with Gasteiger partial charge in [-0.05, 0) is 68.0 Å². The maximum Gasteiger partial charge on any atom is 0.244 e. The second-order valence-corrected chi connectivity index (χ2v) is 8.18. The number of aromatic nitrogens is 1. The van der Waals surface area contributed by atoms with Crippen LogP contribution in [0, 0.1) is 11.7 Å². The Morgan fingerprint density at radius 3 is 2.29 bits per heavy atom. The lowest BCUT2D eigenvalue weighted by molar-refractivity contribution is -0.120. The number of nitrogens with two attached hydrogens (primary N) is 1. The third kappa shape index (κ3) is 7.34. The van der Waals surface area contributed by atoms with Gasteiger partial charge in [-0.3, -0.25) is 4.79 Å². The first kappa shape index (κ1) is 27.1. The number of nitrogens with zero attached hydrogens (tertiary/aromatic N) is 3. The lowest BCUT2D eigenvalue weighted by Gasteiger charge is -2.27. The van der Waals surface area contributed by atoms with Gasteiger partial charge in [0.1, 0.15) is 11.6 Å². The summed E-state index contributed by atoms with van der Waals surface area (Å²) in [6, 6.07) is 9.97. The number of hydrogen-bond acceptors (Lipinski definition) is 4. The van der Waals surface area contributed by atoms with Crippen LogP contribution in [0.5, 0.6) is 0 Å². The minimum absolute atomic E-state index is 0. The van der Waals surface area contributed by atoms with E-state index in [4.69, 9.17) is 5.73 Å². The molecule has 2 aromatic rings. The van der Waals surface area contributed by atoms with Gasteiger partial charge in [-0.1, -0.05) is 19.9 Å². The maximum absolute atomic E-state index is 13.4. The average Bonchev–Trinajstić information content (AvgIpc) is 3.53. The molecule has 1 atom stereocenters. The van der Waals surface area contributed by atoms with Crippen molar-refractivity contribution in [2.24, 2.45) is 11.7 Å². The average molecular weight is 471 g/mol. The van der Waals surface area contributed by atoms with Gasteiger partial charge in [0.2, 0.25) is 5.91 Å². The Morgan fingerprint density at radius 2 is 1.81 bits per heavy atom. The van der Waals surface area contributed by atoms with Crippen LogP contribution >= 0.6 is 24.8 Å². The van der Waals surface area contributed by atoms with Crippen LogP contribution in [-0.4, -0.2) is 29.5 Å². The number of halogens is 3. The largest absolute Gasteiger partial charge is 0.354 e. The summed E-state index contributed by atoms with van der Waals surface area (Å²) in [4.78, 5) is 21.6. The van der Waals surface area contributed by atoms with Gasteiger partial charge in [-0.2, -0.15) is 0 Å². The van der Waals surface area contributed by atoms with Crippen molar-refractivity contribution >= 4 is 42.2 Å². The quantitative estimate of drug-likeness (QED) is 0.562. The van der Waals surface area contributed by atoms with E-state index in [1.807, 2.05) is 32.2 Å². The van der Waals surface area contributed by atoms with E-state index in [0.29, 0.717) is 30.6 Å². The van der Waals surface area contributed by atoms with Gasteiger partial charge in [0.05, 0.1) is 12.6 Å². The topological polar surface area (TPSA) is 62.5 Å². The molecule has 2 N–H and O–H groups in total. The number of amides is 1. The molecule has 1 saturated carbocycles. The van der Waals surface area contributed by atoms with Crippen molar-refractivity contribution in [2.45, 2.75) is 58.7 Å². The monoisotopic (exact) mass is 470 g/mol. The molecular formula is C23H33Cl2FN4O. The molecule has 1 aliphatic rings. The molecule has 1 fully saturated rings. The van der Waals surface area contributed by atoms with Gasteiger partial charge in [-0.15, -0.1) is 24.8 Å². The normalized spacial score (nSPS) is 13.7. The van der Waals surface area contributed by atoms with Crippen molar-refractivity contribution in [3.05, 3.63) is 54.0 Å². The van der Waals surface area contributed by atoms with Crippen LogP contribution in [0.3, 0.4) is 0 Å². The van der Waals surface area contributed by atoms with Gasteiger partial charge in [0.25, 0.3) is 0 Å². The summed E-state index contributed by atoms with van der Waals surface area (Å²) in [7, 11) is 0.